The van der Waals surface area contributed by atoms with Gasteiger partial charge in [-0.2, -0.15) is 0 Å². The van der Waals surface area contributed by atoms with Crippen molar-refractivity contribution in [2.75, 3.05) is 49.7 Å². The molecule has 29 heavy (non-hydrogen) atoms. The van der Waals surface area contributed by atoms with Gasteiger partial charge in [0, 0.05) is 30.4 Å². The van der Waals surface area contributed by atoms with Gasteiger partial charge in [0.25, 0.3) is 11.7 Å². The maximum Gasteiger partial charge on any atom is 0.274 e. The lowest BCUT2D eigenvalue weighted by atomic mass is 10.2. The summed E-state index contributed by atoms with van der Waals surface area (Å²) in [5.74, 6) is 0.468. The maximum atomic E-state index is 13.2. The van der Waals surface area contributed by atoms with Crippen molar-refractivity contribution in [3.05, 3.63) is 53.2 Å². The van der Waals surface area contributed by atoms with Crippen molar-refractivity contribution >= 4 is 34.9 Å². The lowest BCUT2D eigenvalue weighted by Gasteiger charge is -2.22. The van der Waals surface area contributed by atoms with E-state index in [1.54, 1.807) is 43.6 Å². The lowest BCUT2D eigenvalue weighted by molar-refractivity contribution is -0.364. The van der Waals surface area contributed by atoms with Crippen molar-refractivity contribution in [1.29, 1.82) is 0 Å². The molecule has 3 rings (SSSR count). The second-order valence-corrected chi connectivity index (χ2v) is 7.30. The Labute approximate surface area is 175 Å². The standard InChI is InChI=1S/C21H25ClN4O3/c1-29-13-10-23-20(27)15-26(18-7-5-17(22)6-8-18)21(28)16-4-9-19(24-14-16)25-11-2-3-12-25/h4-9,14H,2-3,10-13,15H2,1H3,(H,23,27)/p+1. The molecule has 2 amide bonds. The van der Waals surface area contributed by atoms with Gasteiger partial charge in [-0.1, -0.05) is 11.6 Å². The van der Waals surface area contributed by atoms with Crippen LogP contribution in [0.4, 0.5) is 11.5 Å². The topological polar surface area (TPSA) is 76.0 Å². The number of hydrogen-bond donors (Lipinski definition) is 1. The van der Waals surface area contributed by atoms with E-state index in [4.69, 9.17) is 16.3 Å². The minimum atomic E-state index is -0.265. The van der Waals surface area contributed by atoms with Crippen LogP contribution in [0.5, 0.6) is 0 Å². The van der Waals surface area contributed by atoms with Gasteiger partial charge >= 0.3 is 0 Å². The zero-order chi connectivity index (χ0) is 20.6. The number of carbonyl (C=O) groups is 2. The van der Waals surface area contributed by atoms with Gasteiger partial charge in [-0.3, -0.25) is 19.4 Å². The van der Waals surface area contributed by atoms with Crippen molar-refractivity contribution in [2.45, 2.75) is 12.8 Å². The number of nitrogens with one attached hydrogen (secondary N) is 2. The number of halogens is 1. The van der Waals surface area contributed by atoms with Crippen LogP contribution in [0, 0.1) is 0 Å². The van der Waals surface area contributed by atoms with E-state index in [0.29, 0.717) is 29.4 Å². The summed E-state index contributed by atoms with van der Waals surface area (Å²) in [6.07, 6.45) is 4.05. The Bertz CT molecular complexity index is 821. The number of aromatic nitrogens is 1. The third kappa shape index (κ3) is 5.68. The number of benzene rings is 1. The number of ether oxygens (including phenoxy) is 1. The Morgan fingerprint density at radius 1 is 1.17 bits per heavy atom. The van der Waals surface area contributed by atoms with Crippen LogP contribution >= 0.6 is 11.6 Å². The van der Waals surface area contributed by atoms with Gasteiger partial charge in [0.15, 0.2) is 0 Å². The van der Waals surface area contributed by atoms with Crippen molar-refractivity contribution < 1.29 is 19.3 Å². The summed E-state index contributed by atoms with van der Waals surface area (Å²) in [6.45, 7) is 2.73. The number of pyridine rings is 1. The summed E-state index contributed by atoms with van der Waals surface area (Å²) in [5.41, 5.74) is 1.08. The predicted molar refractivity (Wildman–Crippen MR) is 112 cm³/mol. The van der Waals surface area contributed by atoms with E-state index < -0.39 is 0 Å². The second-order valence-electron chi connectivity index (χ2n) is 6.87. The third-order valence-corrected chi connectivity index (χ3v) is 5.06. The quantitative estimate of drug-likeness (QED) is 0.668. The van der Waals surface area contributed by atoms with Crippen LogP contribution in [0.1, 0.15) is 23.2 Å². The maximum absolute atomic E-state index is 13.2. The average Bonchev–Trinajstić information content (AvgIpc) is 3.28. The molecule has 0 unspecified atom stereocenters. The molecule has 2 heterocycles. The van der Waals surface area contributed by atoms with Gasteiger partial charge in [-0.05, 0) is 43.2 Å². The number of hydrogen-bond acceptors (Lipinski definition) is 4. The summed E-state index contributed by atoms with van der Waals surface area (Å²) in [4.78, 5) is 32.4. The van der Waals surface area contributed by atoms with Crippen molar-refractivity contribution in [3.8, 4) is 0 Å². The Morgan fingerprint density at radius 2 is 1.90 bits per heavy atom. The number of aromatic amines is 1. The number of amides is 2. The first kappa shape index (κ1) is 21.1. The van der Waals surface area contributed by atoms with E-state index in [2.05, 4.69) is 15.2 Å². The fourth-order valence-electron chi connectivity index (χ4n) is 3.25. The number of nitrogens with zero attached hydrogens (tertiary/aromatic N) is 2. The van der Waals surface area contributed by atoms with E-state index in [1.807, 2.05) is 6.07 Å². The molecule has 0 radical (unpaired) electrons. The molecule has 1 aromatic carbocycles. The highest BCUT2D eigenvalue weighted by Crippen LogP contribution is 2.21. The number of methoxy groups -OCH3 is 1. The first-order valence-corrected chi connectivity index (χ1v) is 10.1. The monoisotopic (exact) mass is 417 g/mol. The predicted octanol–water partition coefficient (Wildman–Crippen LogP) is 2.16. The van der Waals surface area contributed by atoms with Crippen LogP contribution in [0.3, 0.4) is 0 Å². The molecule has 2 N–H and O–H groups in total. The minimum absolute atomic E-state index is 0.0992. The van der Waals surface area contributed by atoms with Crippen LogP contribution in [0.25, 0.3) is 0 Å². The van der Waals surface area contributed by atoms with E-state index in [0.717, 1.165) is 18.9 Å². The summed E-state index contributed by atoms with van der Waals surface area (Å²) in [7, 11) is 1.57. The van der Waals surface area contributed by atoms with Gasteiger partial charge in [-0.25, -0.2) is 4.98 Å². The molecule has 0 bridgehead atoms. The molecule has 0 spiro atoms. The molecule has 0 saturated carbocycles. The summed E-state index contributed by atoms with van der Waals surface area (Å²) < 4.78 is 4.95. The van der Waals surface area contributed by atoms with Gasteiger partial charge < -0.3 is 10.1 Å². The molecule has 0 aliphatic carbocycles. The molecule has 1 aromatic heterocycles. The molecule has 1 aliphatic rings. The molecule has 2 aromatic rings. The highest BCUT2D eigenvalue weighted by atomic mass is 35.5. The first-order chi connectivity index (χ1) is 14.1. The SMILES string of the molecule is COCCNC(=O)CN(C(=O)c1ccc(N2CCCC2)[nH+]c1)c1ccc(Cl)cc1. The molecule has 1 fully saturated rings. The van der Waals surface area contributed by atoms with Crippen molar-refractivity contribution in [3.63, 3.8) is 0 Å². The summed E-state index contributed by atoms with van der Waals surface area (Å²) >= 11 is 5.98. The minimum Gasteiger partial charge on any atom is -0.383 e. The number of H-pyrrole nitrogens is 1. The average molecular weight is 418 g/mol. The molecule has 1 aliphatic heterocycles. The molecule has 0 atom stereocenters. The zero-order valence-electron chi connectivity index (χ0n) is 16.5. The number of anilines is 2. The highest BCUT2D eigenvalue weighted by molar-refractivity contribution is 6.30. The molecule has 1 saturated heterocycles. The zero-order valence-corrected chi connectivity index (χ0v) is 17.2. The van der Waals surface area contributed by atoms with Crippen LogP contribution in [-0.4, -0.2) is 51.7 Å². The van der Waals surface area contributed by atoms with Gasteiger partial charge in [0.05, 0.1) is 25.3 Å². The summed E-state index contributed by atoms with van der Waals surface area (Å²) in [6, 6.07) is 10.6. The molecule has 154 valence electrons. The van der Waals surface area contributed by atoms with E-state index in [-0.39, 0.29) is 18.4 Å². The highest BCUT2D eigenvalue weighted by Gasteiger charge is 2.24. The molecule has 7 nitrogen and oxygen atoms in total. The molecular weight excluding hydrogens is 392 g/mol. The van der Waals surface area contributed by atoms with Crippen LogP contribution in [0.15, 0.2) is 42.6 Å². The fourth-order valence-corrected chi connectivity index (χ4v) is 3.38. The largest absolute Gasteiger partial charge is 0.383 e. The molecular formula is C21H26ClN4O3+. The van der Waals surface area contributed by atoms with Crippen LogP contribution < -0.4 is 20.1 Å². The first-order valence-electron chi connectivity index (χ1n) is 9.68. The third-order valence-electron chi connectivity index (χ3n) is 4.80. The Kier molecular flexibility index (Phi) is 7.43. The molecule has 8 heteroatoms. The van der Waals surface area contributed by atoms with Crippen LogP contribution in [-0.2, 0) is 9.53 Å². The number of rotatable bonds is 8. The number of carbonyl (C=O) groups excluding carboxylic acids is 2. The van der Waals surface area contributed by atoms with Crippen molar-refractivity contribution in [1.82, 2.24) is 5.32 Å². The van der Waals surface area contributed by atoms with Crippen molar-refractivity contribution in [2.24, 2.45) is 0 Å². The smallest absolute Gasteiger partial charge is 0.274 e. The van der Waals surface area contributed by atoms with E-state index >= 15 is 0 Å². The Balaban J connectivity index is 1.77. The van der Waals surface area contributed by atoms with Gasteiger partial charge in [0.2, 0.25) is 5.91 Å². The van der Waals surface area contributed by atoms with Crippen LogP contribution in [0.2, 0.25) is 5.02 Å². The van der Waals surface area contributed by atoms with E-state index in [1.165, 1.54) is 17.7 Å². The lowest BCUT2D eigenvalue weighted by Crippen LogP contribution is -2.42. The fraction of sp³-hybridized carbons (Fsp3) is 0.381. The van der Waals surface area contributed by atoms with Gasteiger partial charge in [0.1, 0.15) is 12.7 Å². The normalized spacial score (nSPS) is 13.4. The Morgan fingerprint density at radius 3 is 2.52 bits per heavy atom. The Hall–Kier alpha value is -2.64. The second kappa shape index (κ2) is 10.2. The summed E-state index contributed by atoms with van der Waals surface area (Å²) in [5, 5.41) is 3.31. The van der Waals surface area contributed by atoms with E-state index in [9.17, 15) is 9.59 Å². The van der Waals surface area contributed by atoms with Gasteiger partial charge in [-0.15, -0.1) is 0 Å².